The summed E-state index contributed by atoms with van der Waals surface area (Å²) in [6.45, 7) is 6.78. The van der Waals surface area contributed by atoms with Crippen molar-refractivity contribution < 1.29 is 9.59 Å². The summed E-state index contributed by atoms with van der Waals surface area (Å²) in [5.74, 6) is 0.0774. The molecule has 3 aromatic carbocycles. The molecule has 0 bridgehead atoms. The average Bonchev–Trinajstić information content (AvgIpc) is 3.05. The van der Waals surface area contributed by atoms with E-state index in [1.54, 1.807) is 6.92 Å². The van der Waals surface area contributed by atoms with E-state index >= 15 is 0 Å². The van der Waals surface area contributed by atoms with Crippen molar-refractivity contribution in [3.63, 3.8) is 0 Å². The van der Waals surface area contributed by atoms with Crippen molar-refractivity contribution in [2.45, 2.75) is 32.6 Å². The van der Waals surface area contributed by atoms with Gasteiger partial charge >= 0.3 is 0 Å². The SMILES string of the molecule is CC(=O)c1ccc2c(c1)c1cc(C(=O)c3ccccc3C)ccc1n2CC(C)S(C)(C)C. The molecule has 1 heterocycles. The zero-order valence-corrected chi connectivity index (χ0v) is 20.5. The Balaban J connectivity index is 1.94. The van der Waals surface area contributed by atoms with Crippen LogP contribution in [0.2, 0.25) is 0 Å². The standard InChI is InChI=1S/C28H31NO2S/c1-18-9-7-8-10-23(18)28(31)22-12-14-27-25(16-22)24-15-21(20(3)30)11-13-26(24)29(27)17-19(2)32(4,5)6/h7-16,19H,17H2,1-6H3. The second kappa shape index (κ2) is 8.25. The average molecular weight is 446 g/mol. The van der Waals surface area contributed by atoms with E-state index in [0.717, 1.165) is 39.5 Å². The zero-order chi connectivity index (χ0) is 23.2. The Morgan fingerprint density at radius 3 is 2.00 bits per heavy atom. The van der Waals surface area contributed by atoms with Crippen LogP contribution in [-0.4, -0.2) is 40.2 Å². The van der Waals surface area contributed by atoms with Gasteiger partial charge in [-0.3, -0.25) is 9.59 Å². The third-order valence-electron chi connectivity index (χ3n) is 6.57. The third kappa shape index (κ3) is 4.00. The minimum absolute atomic E-state index is 0.0288. The van der Waals surface area contributed by atoms with Crippen molar-refractivity contribution >= 4 is 43.4 Å². The first kappa shape index (κ1) is 22.3. The van der Waals surface area contributed by atoms with Gasteiger partial charge in [-0.25, -0.2) is 10.0 Å². The smallest absolute Gasteiger partial charge is 0.193 e. The number of ketones is 2. The highest BCUT2D eigenvalue weighted by atomic mass is 32.3. The monoisotopic (exact) mass is 445 g/mol. The van der Waals surface area contributed by atoms with E-state index in [-0.39, 0.29) is 11.6 Å². The van der Waals surface area contributed by atoms with Crippen molar-refractivity contribution in [2.75, 3.05) is 18.8 Å². The van der Waals surface area contributed by atoms with Gasteiger partial charge in [-0.1, -0.05) is 31.2 Å². The highest BCUT2D eigenvalue weighted by Gasteiger charge is 2.21. The lowest BCUT2D eigenvalue weighted by Gasteiger charge is -2.34. The van der Waals surface area contributed by atoms with Gasteiger partial charge in [-0.15, -0.1) is 0 Å². The van der Waals surface area contributed by atoms with E-state index in [2.05, 4.69) is 42.4 Å². The molecule has 0 radical (unpaired) electrons. The maximum absolute atomic E-state index is 13.3. The second-order valence-corrected chi connectivity index (χ2v) is 14.2. The number of aromatic nitrogens is 1. The third-order valence-corrected chi connectivity index (χ3v) is 9.13. The highest BCUT2D eigenvalue weighted by Crippen LogP contribution is 2.43. The fourth-order valence-electron chi connectivity index (χ4n) is 4.12. The largest absolute Gasteiger partial charge is 0.339 e. The Morgan fingerprint density at radius 1 is 0.875 bits per heavy atom. The van der Waals surface area contributed by atoms with Crippen molar-refractivity contribution in [1.29, 1.82) is 0 Å². The summed E-state index contributed by atoms with van der Waals surface area (Å²) in [7, 11) is -0.729. The van der Waals surface area contributed by atoms with Gasteiger partial charge in [0, 0.05) is 50.3 Å². The van der Waals surface area contributed by atoms with Gasteiger partial charge in [0.1, 0.15) is 0 Å². The predicted molar refractivity (Wildman–Crippen MR) is 139 cm³/mol. The first-order valence-electron chi connectivity index (χ1n) is 10.9. The lowest BCUT2D eigenvalue weighted by atomic mass is 9.97. The van der Waals surface area contributed by atoms with Gasteiger partial charge in [0.15, 0.2) is 11.6 Å². The number of benzene rings is 3. The molecule has 4 rings (SSSR count). The van der Waals surface area contributed by atoms with Gasteiger partial charge in [0.05, 0.1) is 0 Å². The molecule has 0 aliphatic heterocycles. The van der Waals surface area contributed by atoms with E-state index < -0.39 is 10.0 Å². The summed E-state index contributed by atoms with van der Waals surface area (Å²) in [5.41, 5.74) is 5.29. The number of Topliss-reactive ketones (excluding diaryl/α,β-unsaturated/α-hetero) is 1. The van der Waals surface area contributed by atoms with Crippen LogP contribution < -0.4 is 0 Å². The maximum atomic E-state index is 13.3. The van der Waals surface area contributed by atoms with Crippen molar-refractivity contribution in [2.24, 2.45) is 0 Å². The van der Waals surface area contributed by atoms with Crippen LogP contribution in [-0.2, 0) is 6.54 Å². The Labute approximate surface area is 191 Å². The molecular weight excluding hydrogens is 414 g/mol. The molecule has 0 saturated carbocycles. The van der Waals surface area contributed by atoms with Crippen molar-refractivity contribution in [3.05, 3.63) is 82.9 Å². The lowest BCUT2D eigenvalue weighted by Crippen LogP contribution is -2.18. The van der Waals surface area contributed by atoms with Crippen LogP contribution in [0.1, 0.15) is 45.7 Å². The molecule has 4 aromatic rings. The Bertz CT molecular complexity index is 1360. The number of fused-ring (bicyclic) bond motifs is 3. The molecule has 1 aromatic heterocycles. The van der Waals surface area contributed by atoms with Crippen molar-refractivity contribution in [1.82, 2.24) is 4.57 Å². The molecule has 0 aliphatic carbocycles. The number of rotatable bonds is 6. The van der Waals surface area contributed by atoms with Crippen LogP contribution >= 0.6 is 10.0 Å². The molecule has 0 fully saturated rings. The molecule has 1 unspecified atom stereocenters. The predicted octanol–water partition coefficient (Wildman–Crippen LogP) is 6.62. The fourth-order valence-corrected chi connectivity index (χ4v) is 4.72. The first-order chi connectivity index (χ1) is 15.1. The molecular formula is C28H31NO2S. The van der Waals surface area contributed by atoms with Crippen LogP contribution in [0.5, 0.6) is 0 Å². The van der Waals surface area contributed by atoms with Gasteiger partial charge in [0.25, 0.3) is 0 Å². The van der Waals surface area contributed by atoms with E-state index in [0.29, 0.717) is 16.4 Å². The molecule has 0 saturated heterocycles. The molecule has 0 N–H and O–H groups in total. The van der Waals surface area contributed by atoms with Gasteiger partial charge in [-0.05, 0) is 74.6 Å². The molecule has 166 valence electrons. The van der Waals surface area contributed by atoms with E-state index in [1.807, 2.05) is 55.5 Å². The maximum Gasteiger partial charge on any atom is 0.193 e. The summed E-state index contributed by atoms with van der Waals surface area (Å²) >= 11 is 0. The van der Waals surface area contributed by atoms with Crippen LogP contribution in [0.25, 0.3) is 21.8 Å². The number of aryl methyl sites for hydroxylation is 1. The molecule has 0 spiro atoms. The molecule has 0 amide bonds. The number of nitrogens with zero attached hydrogens (tertiary/aromatic N) is 1. The van der Waals surface area contributed by atoms with Crippen LogP contribution in [0, 0.1) is 6.92 Å². The Kier molecular flexibility index (Phi) is 5.76. The number of hydrogen-bond acceptors (Lipinski definition) is 2. The Morgan fingerprint density at radius 2 is 1.44 bits per heavy atom. The van der Waals surface area contributed by atoms with Gasteiger partial charge in [0.2, 0.25) is 0 Å². The summed E-state index contributed by atoms with van der Waals surface area (Å²) < 4.78 is 2.36. The topological polar surface area (TPSA) is 39.1 Å². The second-order valence-electron chi connectivity index (χ2n) is 9.52. The highest BCUT2D eigenvalue weighted by molar-refractivity contribution is 8.32. The summed E-state index contributed by atoms with van der Waals surface area (Å²) in [6, 6.07) is 19.7. The zero-order valence-electron chi connectivity index (χ0n) is 19.7. The lowest BCUT2D eigenvalue weighted by molar-refractivity contribution is 0.101. The molecule has 0 aliphatic rings. The Hall–Kier alpha value is -2.85. The number of carbonyl (C=O) groups excluding carboxylic acids is 2. The van der Waals surface area contributed by atoms with Crippen LogP contribution in [0.15, 0.2) is 60.7 Å². The van der Waals surface area contributed by atoms with Gasteiger partial charge < -0.3 is 4.57 Å². The summed E-state index contributed by atoms with van der Waals surface area (Å²) in [5, 5.41) is 2.59. The van der Waals surface area contributed by atoms with Crippen LogP contribution in [0.3, 0.4) is 0 Å². The molecule has 4 heteroatoms. The minimum Gasteiger partial charge on any atom is -0.339 e. The molecule has 32 heavy (non-hydrogen) atoms. The fraction of sp³-hybridized carbons (Fsp3) is 0.286. The summed E-state index contributed by atoms with van der Waals surface area (Å²) in [4.78, 5) is 25.4. The van der Waals surface area contributed by atoms with Crippen LogP contribution in [0.4, 0.5) is 0 Å². The first-order valence-corrected chi connectivity index (χ1v) is 13.8. The quantitative estimate of drug-likeness (QED) is 0.313. The van der Waals surface area contributed by atoms with Gasteiger partial charge in [-0.2, -0.15) is 0 Å². The van der Waals surface area contributed by atoms with Crippen molar-refractivity contribution in [3.8, 4) is 0 Å². The van der Waals surface area contributed by atoms with E-state index in [9.17, 15) is 9.59 Å². The number of hydrogen-bond donors (Lipinski definition) is 0. The summed E-state index contributed by atoms with van der Waals surface area (Å²) in [6.07, 6.45) is 7.04. The molecule has 1 atom stereocenters. The minimum atomic E-state index is -0.729. The van der Waals surface area contributed by atoms with E-state index in [1.165, 1.54) is 0 Å². The number of carbonyl (C=O) groups is 2. The molecule has 3 nitrogen and oxygen atoms in total. The van der Waals surface area contributed by atoms with E-state index in [4.69, 9.17) is 0 Å². The normalized spacial score (nSPS) is 13.4.